The van der Waals surface area contributed by atoms with E-state index in [1.807, 2.05) is 0 Å². The van der Waals surface area contributed by atoms with Gasteiger partial charge >= 0.3 is 5.97 Å². The van der Waals surface area contributed by atoms with Gasteiger partial charge in [0.05, 0.1) is 22.2 Å². The second kappa shape index (κ2) is 3.13. The number of nitrogens with one attached hydrogen (secondary N) is 1. The van der Waals surface area contributed by atoms with E-state index >= 15 is 0 Å². The Morgan fingerprint density at radius 3 is 3.07 bits per heavy atom. The Kier molecular flexibility index (Phi) is 2.07. The molecule has 0 saturated carbocycles. The van der Waals surface area contributed by atoms with Crippen LogP contribution in [-0.2, 0) is 9.53 Å². The van der Waals surface area contributed by atoms with Crippen LogP contribution in [0.5, 0.6) is 0 Å². The molecule has 4 nitrogen and oxygen atoms in total. The molecule has 1 aliphatic carbocycles. The molecule has 14 heavy (non-hydrogen) atoms. The minimum absolute atomic E-state index is 0.254. The van der Waals surface area contributed by atoms with Crippen LogP contribution in [0, 0.1) is 11.3 Å². The number of hydrogen-bond donors (Lipinski definition) is 2. The number of fused-ring (bicyclic) bond motifs is 1. The normalized spacial score (nSPS) is 25.6. The van der Waals surface area contributed by atoms with Gasteiger partial charge in [0, 0.05) is 0 Å². The van der Waals surface area contributed by atoms with Gasteiger partial charge in [-0.05, 0) is 12.8 Å². The molecule has 74 valence electrons. The van der Waals surface area contributed by atoms with Crippen molar-refractivity contribution in [2.75, 3.05) is 0 Å². The van der Waals surface area contributed by atoms with Crippen molar-refractivity contribution < 1.29 is 14.6 Å². The predicted molar refractivity (Wildman–Crippen MR) is 50.1 cm³/mol. The molecule has 0 fully saturated rings. The van der Waals surface area contributed by atoms with Crippen molar-refractivity contribution in [2.45, 2.75) is 12.8 Å². The Hall–Kier alpha value is -1.29. The lowest BCUT2D eigenvalue weighted by molar-refractivity contribution is -0.132. The number of halogens is 1. The molecule has 1 unspecified atom stereocenters. The SMILES string of the molecule is N=C1C(Cl)=COC2=C(C(=O)O)CCC12. The summed E-state index contributed by atoms with van der Waals surface area (Å²) in [5.74, 6) is -0.854. The molecule has 0 aromatic carbocycles. The molecule has 2 aliphatic rings. The molecule has 1 aliphatic heterocycles. The van der Waals surface area contributed by atoms with Crippen molar-refractivity contribution in [1.29, 1.82) is 5.41 Å². The third-order valence-electron chi connectivity index (χ3n) is 2.45. The van der Waals surface area contributed by atoms with Gasteiger partial charge < -0.3 is 15.3 Å². The van der Waals surface area contributed by atoms with E-state index in [4.69, 9.17) is 26.9 Å². The lowest BCUT2D eigenvalue weighted by Crippen LogP contribution is -2.19. The summed E-state index contributed by atoms with van der Waals surface area (Å²) in [6.07, 6.45) is 2.26. The smallest absolute Gasteiger partial charge is 0.335 e. The Labute approximate surface area is 85.3 Å². The maximum Gasteiger partial charge on any atom is 0.335 e. The second-order valence-corrected chi connectivity index (χ2v) is 3.64. The lowest BCUT2D eigenvalue weighted by Gasteiger charge is -2.19. The number of hydrogen-bond acceptors (Lipinski definition) is 3. The number of carboxylic acid groups (broad SMARTS) is 1. The average molecular weight is 214 g/mol. The van der Waals surface area contributed by atoms with Crippen LogP contribution < -0.4 is 0 Å². The van der Waals surface area contributed by atoms with E-state index in [0.29, 0.717) is 18.6 Å². The molecule has 2 rings (SSSR count). The molecule has 0 aromatic heterocycles. The number of carboxylic acids is 1. The molecule has 2 N–H and O–H groups in total. The van der Waals surface area contributed by atoms with E-state index in [1.165, 1.54) is 6.26 Å². The molecule has 5 heteroatoms. The van der Waals surface area contributed by atoms with Crippen LogP contribution in [0.15, 0.2) is 22.6 Å². The predicted octanol–water partition coefficient (Wildman–Crippen LogP) is 1.87. The van der Waals surface area contributed by atoms with Gasteiger partial charge in [-0.3, -0.25) is 0 Å². The standard InChI is InChI=1S/C9H8ClNO3/c10-6-3-14-8-4(7(6)11)1-2-5(8)9(12)13/h3-4,11H,1-2H2,(H,12,13). The summed E-state index contributed by atoms with van der Waals surface area (Å²) in [6.45, 7) is 0. The molecule has 1 atom stereocenters. The van der Waals surface area contributed by atoms with Crippen molar-refractivity contribution in [3.05, 3.63) is 22.6 Å². The van der Waals surface area contributed by atoms with Crippen molar-refractivity contribution in [3.8, 4) is 0 Å². The number of aliphatic carboxylic acids is 1. The maximum absolute atomic E-state index is 10.8. The zero-order chi connectivity index (χ0) is 10.3. The van der Waals surface area contributed by atoms with Crippen LogP contribution in [0.2, 0.25) is 0 Å². The van der Waals surface area contributed by atoms with E-state index in [-0.39, 0.29) is 22.2 Å². The quantitative estimate of drug-likeness (QED) is 0.699. The fourth-order valence-electron chi connectivity index (χ4n) is 1.74. The topological polar surface area (TPSA) is 70.4 Å². The average Bonchev–Trinajstić information content (AvgIpc) is 2.55. The second-order valence-electron chi connectivity index (χ2n) is 3.24. The number of allylic oxidation sites excluding steroid dienone is 2. The highest BCUT2D eigenvalue weighted by Gasteiger charge is 2.36. The van der Waals surface area contributed by atoms with Crippen molar-refractivity contribution in [1.82, 2.24) is 0 Å². The van der Waals surface area contributed by atoms with E-state index in [1.54, 1.807) is 0 Å². The summed E-state index contributed by atoms with van der Waals surface area (Å²) in [6, 6.07) is 0. The van der Waals surface area contributed by atoms with Crippen LogP contribution in [0.1, 0.15) is 12.8 Å². The number of carbonyl (C=O) groups is 1. The van der Waals surface area contributed by atoms with E-state index in [0.717, 1.165) is 0 Å². The third-order valence-corrected chi connectivity index (χ3v) is 2.74. The van der Waals surface area contributed by atoms with Crippen LogP contribution >= 0.6 is 11.6 Å². The largest absolute Gasteiger partial charge is 0.478 e. The molecule has 0 amide bonds. The summed E-state index contributed by atoms with van der Waals surface area (Å²) in [5.41, 5.74) is 0.518. The lowest BCUT2D eigenvalue weighted by atomic mass is 10.00. The van der Waals surface area contributed by atoms with E-state index < -0.39 is 5.97 Å². The Bertz CT molecular complexity index is 384. The Morgan fingerprint density at radius 1 is 1.71 bits per heavy atom. The first-order chi connectivity index (χ1) is 6.61. The van der Waals surface area contributed by atoms with Crippen molar-refractivity contribution in [3.63, 3.8) is 0 Å². The minimum atomic E-state index is -0.971. The molecule has 1 heterocycles. The van der Waals surface area contributed by atoms with Gasteiger partial charge in [-0.2, -0.15) is 0 Å². The summed E-state index contributed by atoms with van der Waals surface area (Å²) in [4.78, 5) is 10.8. The van der Waals surface area contributed by atoms with Gasteiger partial charge in [-0.15, -0.1) is 0 Å². The van der Waals surface area contributed by atoms with Gasteiger partial charge in [0.15, 0.2) is 0 Å². The van der Waals surface area contributed by atoms with Gasteiger partial charge in [0.1, 0.15) is 12.0 Å². The summed E-state index contributed by atoms with van der Waals surface area (Å²) < 4.78 is 5.12. The highest BCUT2D eigenvalue weighted by molar-refractivity contribution is 6.43. The van der Waals surface area contributed by atoms with Crippen molar-refractivity contribution >= 4 is 23.3 Å². The molecule has 0 spiro atoms. The van der Waals surface area contributed by atoms with Crippen LogP contribution in [0.4, 0.5) is 0 Å². The summed E-state index contributed by atoms with van der Waals surface area (Å²) in [5, 5.41) is 16.7. The zero-order valence-corrected chi connectivity index (χ0v) is 7.97. The molecule has 0 bridgehead atoms. The van der Waals surface area contributed by atoms with E-state index in [9.17, 15) is 4.79 Å². The summed E-state index contributed by atoms with van der Waals surface area (Å²) >= 11 is 5.70. The Balaban J connectivity index is 2.42. The fraction of sp³-hybridized carbons (Fsp3) is 0.333. The fourth-order valence-corrected chi connectivity index (χ4v) is 1.92. The van der Waals surface area contributed by atoms with Gasteiger partial charge in [-0.25, -0.2) is 4.79 Å². The first-order valence-electron chi connectivity index (χ1n) is 4.18. The van der Waals surface area contributed by atoms with Gasteiger partial charge in [0.2, 0.25) is 0 Å². The first-order valence-corrected chi connectivity index (χ1v) is 4.56. The maximum atomic E-state index is 10.8. The zero-order valence-electron chi connectivity index (χ0n) is 7.21. The van der Waals surface area contributed by atoms with Crippen LogP contribution in [0.3, 0.4) is 0 Å². The molecule has 0 saturated heterocycles. The molecular weight excluding hydrogens is 206 g/mol. The Morgan fingerprint density at radius 2 is 2.43 bits per heavy atom. The molecular formula is C9H8ClNO3. The highest BCUT2D eigenvalue weighted by Crippen LogP contribution is 2.38. The van der Waals surface area contributed by atoms with E-state index in [2.05, 4.69) is 0 Å². The molecule has 0 aromatic rings. The van der Waals surface area contributed by atoms with Crippen LogP contribution in [0.25, 0.3) is 0 Å². The minimum Gasteiger partial charge on any atom is -0.478 e. The number of ether oxygens (including phenoxy) is 1. The highest BCUT2D eigenvalue weighted by atomic mass is 35.5. The summed E-state index contributed by atoms with van der Waals surface area (Å²) in [7, 11) is 0. The van der Waals surface area contributed by atoms with Crippen LogP contribution in [-0.4, -0.2) is 16.8 Å². The van der Waals surface area contributed by atoms with Crippen molar-refractivity contribution in [2.24, 2.45) is 5.92 Å². The number of rotatable bonds is 1. The third kappa shape index (κ3) is 1.23. The molecule has 0 radical (unpaired) electrons. The monoisotopic (exact) mass is 213 g/mol. The van der Waals surface area contributed by atoms with Gasteiger partial charge in [-0.1, -0.05) is 11.6 Å². The first kappa shape index (κ1) is 9.27. The van der Waals surface area contributed by atoms with Gasteiger partial charge in [0.25, 0.3) is 0 Å².